The van der Waals surface area contributed by atoms with Gasteiger partial charge in [0.15, 0.2) is 0 Å². The molecule has 2 N–H and O–H groups in total. The number of nitriles is 1. The van der Waals surface area contributed by atoms with Gasteiger partial charge in [-0.25, -0.2) is 4.79 Å². The summed E-state index contributed by atoms with van der Waals surface area (Å²) < 4.78 is 5.64. The molecule has 2 atom stereocenters. The summed E-state index contributed by atoms with van der Waals surface area (Å²) in [6, 6.07) is 19.5. The van der Waals surface area contributed by atoms with E-state index in [1.54, 1.807) is 0 Å². The molecular formula is C23H23N3O2. The molecule has 0 radical (unpaired) electrons. The Labute approximate surface area is 164 Å². The van der Waals surface area contributed by atoms with E-state index >= 15 is 0 Å². The Morgan fingerprint density at radius 2 is 1.64 bits per heavy atom. The molecule has 2 fully saturated rings. The first-order valence-electron chi connectivity index (χ1n) is 9.98. The van der Waals surface area contributed by atoms with Crippen molar-refractivity contribution < 1.29 is 9.53 Å². The van der Waals surface area contributed by atoms with Crippen molar-refractivity contribution in [1.82, 2.24) is 10.6 Å². The zero-order valence-electron chi connectivity index (χ0n) is 15.7. The summed E-state index contributed by atoms with van der Waals surface area (Å²) in [5, 5.41) is 16.1. The molecule has 5 rings (SSSR count). The topological polar surface area (TPSA) is 74.2 Å². The molecule has 0 saturated carbocycles. The second-order valence-electron chi connectivity index (χ2n) is 8.19. The van der Waals surface area contributed by atoms with Gasteiger partial charge in [-0.3, -0.25) is 0 Å². The highest BCUT2D eigenvalue weighted by Crippen LogP contribution is 2.44. The maximum atomic E-state index is 12.6. The van der Waals surface area contributed by atoms with Gasteiger partial charge in [0.1, 0.15) is 12.1 Å². The predicted octanol–water partition coefficient (Wildman–Crippen LogP) is 3.70. The maximum Gasteiger partial charge on any atom is 0.408 e. The van der Waals surface area contributed by atoms with Crippen molar-refractivity contribution in [2.24, 2.45) is 0 Å². The third-order valence-corrected chi connectivity index (χ3v) is 6.42. The number of ether oxygens (including phenoxy) is 1. The first-order valence-corrected chi connectivity index (χ1v) is 9.98. The van der Waals surface area contributed by atoms with Crippen molar-refractivity contribution in [3.63, 3.8) is 0 Å². The molecule has 5 nitrogen and oxygen atoms in total. The second-order valence-corrected chi connectivity index (χ2v) is 8.19. The van der Waals surface area contributed by atoms with Gasteiger partial charge in [0.2, 0.25) is 0 Å². The number of carbonyl (C=O) groups excluding carboxylic acids is 1. The molecule has 0 spiro atoms. The van der Waals surface area contributed by atoms with E-state index in [0.717, 1.165) is 12.8 Å². The molecule has 2 bridgehead atoms. The lowest BCUT2D eigenvalue weighted by atomic mass is 9.85. The van der Waals surface area contributed by atoms with Gasteiger partial charge >= 0.3 is 6.09 Å². The van der Waals surface area contributed by atoms with Crippen LogP contribution in [0, 0.1) is 11.3 Å². The minimum Gasteiger partial charge on any atom is -0.449 e. The van der Waals surface area contributed by atoms with Crippen LogP contribution in [-0.4, -0.2) is 30.3 Å². The van der Waals surface area contributed by atoms with Gasteiger partial charge in [-0.15, -0.1) is 0 Å². The molecule has 2 saturated heterocycles. The van der Waals surface area contributed by atoms with Crippen LogP contribution in [0.3, 0.4) is 0 Å². The minimum atomic E-state index is -0.820. The molecule has 1 amide bonds. The van der Waals surface area contributed by atoms with Gasteiger partial charge in [-0.05, 0) is 47.9 Å². The standard InChI is InChI=1S/C23H23N3O2/c24-14-23(11-15-9-10-16(12-23)25-15)26-22(27)28-13-21-19-7-3-1-5-17(19)18-6-2-4-8-20(18)21/h1-8,15-16,21,25H,9-13H2,(H,26,27). The summed E-state index contributed by atoms with van der Waals surface area (Å²) in [6.45, 7) is 0.270. The van der Waals surface area contributed by atoms with Crippen molar-refractivity contribution in [2.75, 3.05) is 6.61 Å². The normalized spacial score (nSPS) is 27.5. The number of alkyl carbamates (subject to hydrolysis) is 1. The van der Waals surface area contributed by atoms with Gasteiger partial charge in [-0.1, -0.05) is 48.5 Å². The summed E-state index contributed by atoms with van der Waals surface area (Å²) in [4.78, 5) is 12.6. The molecule has 142 valence electrons. The average Bonchev–Trinajstić information content (AvgIpc) is 3.23. The van der Waals surface area contributed by atoms with Gasteiger partial charge in [-0.2, -0.15) is 5.26 Å². The van der Waals surface area contributed by atoms with Crippen LogP contribution in [0.5, 0.6) is 0 Å². The summed E-state index contributed by atoms with van der Waals surface area (Å²) in [5.74, 6) is 0.0281. The summed E-state index contributed by atoms with van der Waals surface area (Å²) in [7, 11) is 0. The van der Waals surface area contributed by atoms with Crippen molar-refractivity contribution >= 4 is 6.09 Å². The van der Waals surface area contributed by atoms with Crippen molar-refractivity contribution in [3.8, 4) is 17.2 Å². The van der Waals surface area contributed by atoms with Crippen LogP contribution in [0.25, 0.3) is 11.1 Å². The second kappa shape index (κ2) is 6.65. The number of benzene rings is 2. The van der Waals surface area contributed by atoms with E-state index in [1.807, 2.05) is 24.3 Å². The Hall–Kier alpha value is -2.84. The molecule has 2 aromatic rings. The van der Waals surface area contributed by atoms with E-state index in [0.29, 0.717) is 24.9 Å². The maximum absolute atomic E-state index is 12.6. The first kappa shape index (κ1) is 17.3. The zero-order valence-corrected chi connectivity index (χ0v) is 15.7. The van der Waals surface area contributed by atoms with Crippen LogP contribution in [0.2, 0.25) is 0 Å². The van der Waals surface area contributed by atoms with E-state index in [2.05, 4.69) is 41.0 Å². The summed E-state index contributed by atoms with van der Waals surface area (Å²) in [6.07, 6.45) is 2.93. The molecule has 2 heterocycles. The third-order valence-electron chi connectivity index (χ3n) is 6.42. The van der Waals surface area contributed by atoms with E-state index in [9.17, 15) is 10.1 Å². The number of nitrogens with zero attached hydrogens (tertiary/aromatic N) is 1. The van der Waals surface area contributed by atoms with E-state index < -0.39 is 11.6 Å². The van der Waals surface area contributed by atoms with E-state index in [4.69, 9.17) is 4.74 Å². The number of piperidine rings is 1. The molecule has 3 aliphatic rings. The van der Waals surface area contributed by atoms with Crippen molar-refractivity contribution in [2.45, 2.75) is 49.2 Å². The molecule has 2 aliphatic heterocycles. The van der Waals surface area contributed by atoms with Crippen LogP contribution in [0.15, 0.2) is 48.5 Å². The summed E-state index contributed by atoms with van der Waals surface area (Å²) >= 11 is 0. The summed E-state index contributed by atoms with van der Waals surface area (Å²) in [5.41, 5.74) is 3.96. The van der Waals surface area contributed by atoms with Gasteiger partial charge < -0.3 is 15.4 Å². The van der Waals surface area contributed by atoms with Gasteiger partial charge in [0.05, 0.1) is 6.07 Å². The van der Waals surface area contributed by atoms with E-state index in [-0.39, 0.29) is 12.5 Å². The minimum absolute atomic E-state index is 0.0281. The number of rotatable bonds is 3. The van der Waals surface area contributed by atoms with Crippen molar-refractivity contribution in [1.29, 1.82) is 5.26 Å². The van der Waals surface area contributed by atoms with Crippen LogP contribution in [0.4, 0.5) is 4.79 Å². The highest BCUT2D eigenvalue weighted by Gasteiger charge is 2.45. The molecular weight excluding hydrogens is 350 g/mol. The Bertz CT molecular complexity index is 907. The monoisotopic (exact) mass is 373 g/mol. The number of amides is 1. The van der Waals surface area contributed by atoms with Gasteiger partial charge in [0.25, 0.3) is 0 Å². The van der Waals surface area contributed by atoms with Crippen LogP contribution in [-0.2, 0) is 4.74 Å². The number of fused-ring (bicyclic) bond motifs is 5. The number of nitrogens with one attached hydrogen (secondary N) is 2. The van der Waals surface area contributed by atoms with Crippen LogP contribution < -0.4 is 10.6 Å². The lowest BCUT2D eigenvalue weighted by Crippen LogP contribution is -2.57. The molecule has 2 unspecified atom stereocenters. The van der Waals surface area contributed by atoms with E-state index in [1.165, 1.54) is 22.3 Å². The average molecular weight is 373 g/mol. The van der Waals surface area contributed by atoms with Crippen molar-refractivity contribution in [3.05, 3.63) is 59.7 Å². The third kappa shape index (κ3) is 2.85. The fourth-order valence-corrected chi connectivity index (χ4v) is 5.20. The Morgan fingerprint density at radius 1 is 1.07 bits per heavy atom. The lowest BCUT2D eigenvalue weighted by molar-refractivity contribution is 0.127. The van der Waals surface area contributed by atoms with Crippen LogP contribution in [0.1, 0.15) is 42.7 Å². The Kier molecular flexibility index (Phi) is 4.10. The molecule has 5 heteroatoms. The SMILES string of the molecule is N#CC1(NC(=O)OCC2c3ccccc3-c3ccccc32)CC2CCC(C1)N2. The number of hydrogen-bond acceptors (Lipinski definition) is 4. The molecule has 1 aliphatic carbocycles. The Balaban J connectivity index is 1.30. The zero-order chi connectivity index (χ0) is 19.1. The first-order chi connectivity index (χ1) is 13.7. The predicted molar refractivity (Wildman–Crippen MR) is 106 cm³/mol. The number of hydrogen-bond donors (Lipinski definition) is 2. The fraction of sp³-hybridized carbons (Fsp3) is 0.391. The highest BCUT2D eigenvalue weighted by atomic mass is 16.5. The Morgan fingerprint density at radius 3 is 2.21 bits per heavy atom. The highest BCUT2D eigenvalue weighted by molar-refractivity contribution is 5.79. The van der Waals surface area contributed by atoms with Gasteiger partial charge in [0, 0.05) is 18.0 Å². The molecule has 28 heavy (non-hydrogen) atoms. The fourth-order valence-electron chi connectivity index (χ4n) is 5.20. The quantitative estimate of drug-likeness (QED) is 0.860. The van der Waals surface area contributed by atoms with Crippen LogP contribution >= 0.6 is 0 Å². The number of carbonyl (C=O) groups is 1. The lowest BCUT2D eigenvalue weighted by Gasteiger charge is -2.36. The molecule has 0 aromatic heterocycles. The molecule has 2 aromatic carbocycles. The smallest absolute Gasteiger partial charge is 0.408 e. The largest absolute Gasteiger partial charge is 0.449 e.